The van der Waals surface area contributed by atoms with Crippen molar-refractivity contribution in [1.29, 1.82) is 5.26 Å². The normalized spacial score (nSPS) is 9.80. The highest BCUT2D eigenvalue weighted by Gasteiger charge is 2.00. The van der Waals surface area contributed by atoms with Crippen LogP contribution < -0.4 is 10.6 Å². The Balaban J connectivity index is 2.12. The predicted molar refractivity (Wildman–Crippen MR) is 78.5 cm³/mol. The maximum atomic E-state index is 11.6. The maximum absolute atomic E-state index is 11.6. The van der Waals surface area contributed by atoms with Crippen molar-refractivity contribution in [3.8, 4) is 6.07 Å². The van der Waals surface area contributed by atoms with Gasteiger partial charge in [0.25, 0.3) is 0 Å². The highest BCUT2D eigenvalue weighted by atomic mass is 16.5. The molecule has 0 radical (unpaired) electrons. The summed E-state index contributed by atoms with van der Waals surface area (Å²) in [6.45, 7) is 4.15. The number of benzene rings is 1. The number of nitriles is 1. The van der Waals surface area contributed by atoms with E-state index in [1.54, 1.807) is 24.3 Å². The fourth-order valence-electron chi connectivity index (χ4n) is 1.53. The molecule has 0 saturated heterocycles. The minimum absolute atomic E-state index is 0.247. The standard InChI is InChI=1S/C15H21N3O2/c1-2-3-10-20-11-4-9-17-15(19)18-14-7-5-13(12-16)6-8-14/h5-8H,2-4,9-11H2,1H3,(H2,17,18,19). The topological polar surface area (TPSA) is 74.2 Å². The number of ether oxygens (including phenoxy) is 1. The summed E-state index contributed by atoms with van der Waals surface area (Å²) in [7, 11) is 0. The van der Waals surface area contributed by atoms with E-state index < -0.39 is 0 Å². The summed E-state index contributed by atoms with van der Waals surface area (Å²) in [5.74, 6) is 0. The van der Waals surface area contributed by atoms with Crippen LogP contribution in [0, 0.1) is 11.3 Å². The molecule has 5 heteroatoms. The summed E-state index contributed by atoms with van der Waals surface area (Å²) in [4.78, 5) is 11.6. The first-order chi connectivity index (χ1) is 9.76. The van der Waals surface area contributed by atoms with Gasteiger partial charge in [0, 0.05) is 25.4 Å². The quantitative estimate of drug-likeness (QED) is 0.716. The van der Waals surface area contributed by atoms with Crippen molar-refractivity contribution in [2.75, 3.05) is 25.1 Å². The van der Waals surface area contributed by atoms with E-state index >= 15 is 0 Å². The molecule has 0 bridgehead atoms. The Labute approximate surface area is 119 Å². The van der Waals surface area contributed by atoms with Crippen molar-refractivity contribution in [3.63, 3.8) is 0 Å². The molecule has 1 aromatic rings. The van der Waals surface area contributed by atoms with Crippen molar-refractivity contribution in [3.05, 3.63) is 29.8 Å². The molecule has 0 fully saturated rings. The van der Waals surface area contributed by atoms with E-state index in [2.05, 4.69) is 17.6 Å². The zero-order valence-corrected chi connectivity index (χ0v) is 11.8. The number of nitrogens with one attached hydrogen (secondary N) is 2. The van der Waals surface area contributed by atoms with Crippen LogP contribution in [0.15, 0.2) is 24.3 Å². The van der Waals surface area contributed by atoms with E-state index in [-0.39, 0.29) is 6.03 Å². The summed E-state index contributed by atoms with van der Waals surface area (Å²) in [5, 5.41) is 14.1. The van der Waals surface area contributed by atoms with E-state index in [0.717, 1.165) is 25.9 Å². The Morgan fingerprint density at radius 1 is 1.25 bits per heavy atom. The number of anilines is 1. The second-order valence-corrected chi connectivity index (χ2v) is 4.39. The second-order valence-electron chi connectivity index (χ2n) is 4.39. The van der Waals surface area contributed by atoms with E-state index in [1.807, 2.05) is 6.07 Å². The molecule has 0 atom stereocenters. The molecule has 1 rings (SSSR count). The van der Waals surface area contributed by atoms with Crippen molar-refractivity contribution in [1.82, 2.24) is 5.32 Å². The van der Waals surface area contributed by atoms with E-state index in [9.17, 15) is 4.79 Å². The van der Waals surface area contributed by atoms with Crippen molar-refractivity contribution in [2.45, 2.75) is 26.2 Å². The lowest BCUT2D eigenvalue weighted by molar-refractivity contribution is 0.129. The van der Waals surface area contributed by atoms with Gasteiger partial charge in [-0.15, -0.1) is 0 Å². The number of nitrogens with zero attached hydrogens (tertiary/aromatic N) is 1. The van der Waals surface area contributed by atoms with Gasteiger partial charge in [0.2, 0.25) is 0 Å². The largest absolute Gasteiger partial charge is 0.381 e. The van der Waals surface area contributed by atoms with Gasteiger partial charge in [0.15, 0.2) is 0 Å². The third-order valence-corrected chi connectivity index (χ3v) is 2.67. The second kappa shape index (κ2) is 9.82. The zero-order chi connectivity index (χ0) is 14.6. The molecule has 0 heterocycles. The first kappa shape index (κ1) is 16.0. The SMILES string of the molecule is CCCCOCCCNC(=O)Nc1ccc(C#N)cc1. The molecule has 0 unspecified atom stereocenters. The third kappa shape index (κ3) is 6.76. The monoisotopic (exact) mass is 275 g/mol. The van der Waals surface area contributed by atoms with Crippen molar-refractivity contribution < 1.29 is 9.53 Å². The van der Waals surface area contributed by atoms with Crippen molar-refractivity contribution in [2.24, 2.45) is 0 Å². The first-order valence-electron chi connectivity index (χ1n) is 6.89. The molecular formula is C15H21N3O2. The lowest BCUT2D eigenvalue weighted by atomic mass is 10.2. The number of rotatable bonds is 8. The van der Waals surface area contributed by atoms with Crippen LogP contribution >= 0.6 is 0 Å². The van der Waals surface area contributed by atoms with Crippen LogP contribution in [0.3, 0.4) is 0 Å². The Kier molecular flexibility index (Phi) is 7.85. The lowest BCUT2D eigenvalue weighted by Crippen LogP contribution is -2.30. The summed E-state index contributed by atoms with van der Waals surface area (Å²) >= 11 is 0. The number of carbonyl (C=O) groups excluding carboxylic acids is 1. The van der Waals surface area contributed by atoms with E-state index in [4.69, 9.17) is 10.00 Å². The number of urea groups is 1. The van der Waals surface area contributed by atoms with Gasteiger partial charge in [-0.1, -0.05) is 13.3 Å². The molecule has 2 N–H and O–H groups in total. The van der Waals surface area contributed by atoms with Gasteiger partial charge in [-0.2, -0.15) is 5.26 Å². The molecular weight excluding hydrogens is 254 g/mol. The van der Waals surface area contributed by atoms with Gasteiger partial charge >= 0.3 is 6.03 Å². The maximum Gasteiger partial charge on any atom is 0.319 e. The highest BCUT2D eigenvalue weighted by molar-refractivity contribution is 5.89. The number of hydrogen-bond donors (Lipinski definition) is 2. The molecule has 2 amide bonds. The average Bonchev–Trinajstić information content (AvgIpc) is 2.47. The molecule has 108 valence electrons. The smallest absolute Gasteiger partial charge is 0.319 e. The number of amides is 2. The summed E-state index contributed by atoms with van der Waals surface area (Å²) in [6, 6.07) is 8.51. The Morgan fingerprint density at radius 3 is 2.60 bits per heavy atom. The summed E-state index contributed by atoms with van der Waals surface area (Å²) in [5.41, 5.74) is 1.24. The molecule has 5 nitrogen and oxygen atoms in total. The van der Waals surface area contributed by atoms with Crippen LogP contribution in [0.5, 0.6) is 0 Å². The predicted octanol–water partition coefficient (Wildman–Crippen LogP) is 2.89. The molecule has 0 aliphatic carbocycles. The van der Waals surface area contributed by atoms with Crippen LogP contribution in [-0.4, -0.2) is 25.8 Å². The molecule has 1 aromatic carbocycles. The minimum atomic E-state index is -0.247. The molecule has 20 heavy (non-hydrogen) atoms. The van der Waals surface area contributed by atoms with Gasteiger partial charge in [0.1, 0.15) is 0 Å². The number of unbranched alkanes of at least 4 members (excludes halogenated alkanes) is 1. The Morgan fingerprint density at radius 2 is 1.95 bits per heavy atom. The highest BCUT2D eigenvalue weighted by Crippen LogP contribution is 2.08. The molecule has 0 spiro atoms. The van der Waals surface area contributed by atoms with Gasteiger partial charge < -0.3 is 15.4 Å². The van der Waals surface area contributed by atoms with Gasteiger partial charge in [-0.3, -0.25) is 0 Å². The van der Waals surface area contributed by atoms with Crippen LogP contribution in [0.2, 0.25) is 0 Å². The average molecular weight is 275 g/mol. The van der Waals surface area contributed by atoms with Gasteiger partial charge in [-0.25, -0.2) is 4.79 Å². The Bertz CT molecular complexity index is 437. The first-order valence-corrected chi connectivity index (χ1v) is 6.89. The molecule has 0 aliphatic heterocycles. The zero-order valence-electron chi connectivity index (χ0n) is 11.8. The van der Waals surface area contributed by atoms with E-state index in [1.165, 1.54) is 0 Å². The molecule has 0 saturated carbocycles. The van der Waals surface area contributed by atoms with Gasteiger partial charge in [-0.05, 0) is 37.1 Å². The Hall–Kier alpha value is -2.06. The van der Waals surface area contributed by atoms with Crippen LogP contribution in [-0.2, 0) is 4.74 Å². The van der Waals surface area contributed by atoms with Gasteiger partial charge in [0.05, 0.1) is 11.6 Å². The minimum Gasteiger partial charge on any atom is -0.381 e. The van der Waals surface area contributed by atoms with Crippen LogP contribution in [0.25, 0.3) is 0 Å². The fraction of sp³-hybridized carbons (Fsp3) is 0.467. The number of carbonyl (C=O) groups is 1. The fourth-order valence-corrected chi connectivity index (χ4v) is 1.53. The third-order valence-electron chi connectivity index (χ3n) is 2.67. The molecule has 0 aliphatic rings. The van der Waals surface area contributed by atoms with E-state index in [0.29, 0.717) is 24.4 Å². The molecule has 0 aromatic heterocycles. The number of hydrogen-bond acceptors (Lipinski definition) is 3. The van der Waals surface area contributed by atoms with Crippen molar-refractivity contribution >= 4 is 11.7 Å². The van der Waals surface area contributed by atoms with Crippen LogP contribution in [0.1, 0.15) is 31.7 Å². The van der Waals surface area contributed by atoms with Crippen LogP contribution in [0.4, 0.5) is 10.5 Å². The summed E-state index contributed by atoms with van der Waals surface area (Å²) < 4.78 is 5.40. The summed E-state index contributed by atoms with van der Waals surface area (Å²) in [6.07, 6.45) is 3.00. The lowest BCUT2D eigenvalue weighted by Gasteiger charge is -2.08.